The summed E-state index contributed by atoms with van der Waals surface area (Å²) in [5.41, 5.74) is 1.94. The summed E-state index contributed by atoms with van der Waals surface area (Å²) in [5, 5.41) is 2.06. The Hall–Kier alpha value is -2.51. The van der Waals surface area contributed by atoms with E-state index >= 15 is 0 Å². The molecule has 0 bridgehead atoms. The van der Waals surface area contributed by atoms with Gasteiger partial charge in [0.25, 0.3) is 8.32 Å². The summed E-state index contributed by atoms with van der Waals surface area (Å²) in [5.74, 6) is 0.589. The largest absolute Gasteiger partial charge is 0.458 e. The van der Waals surface area contributed by atoms with Crippen molar-refractivity contribution in [1.29, 1.82) is 0 Å². The first kappa shape index (κ1) is 38.3. The molecule has 0 spiro atoms. The van der Waals surface area contributed by atoms with Crippen LogP contribution in [0.15, 0.2) is 84.5 Å². The maximum absolute atomic E-state index is 14.2. The molecule has 0 aromatic heterocycles. The van der Waals surface area contributed by atoms with Crippen molar-refractivity contribution in [3.8, 4) is 0 Å². The molecule has 0 radical (unpaired) electrons. The van der Waals surface area contributed by atoms with Crippen LogP contribution in [0.1, 0.15) is 107 Å². The van der Waals surface area contributed by atoms with Gasteiger partial charge in [-0.25, -0.2) is 4.79 Å². The fraction of sp³-hybridized carbons (Fsp3) is 0.595. The number of ether oxygens (including phenoxy) is 3. The van der Waals surface area contributed by atoms with Gasteiger partial charge in [-0.2, -0.15) is 0 Å². The predicted octanol–water partition coefficient (Wildman–Crippen LogP) is 9.15. The van der Waals surface area contributed by atoms with E-state index in [1.54, 1.807) is 0 Å². The van der Waals surface area contributed by atoms with Crippen LogP contribution < -0.4 is 10.4 Å². The Bertz CT molecular complexity index is 1330. The molecule has 4 atom stereocenters. The minimum atomic E-state index is -3.00. The zero-order valence-electron chi connectivity index (χ0n) is 31.3. The van der Waals surface area contributed by atoms with Crippen molar-refractivity contribution in [3.05, 3.63) is 84.5 Å². The van der Waals surface area contributed by atoms with Gasteiger partial charge in [0.1, 0.15) is 11.7 Å². The molecule has 1 aliphatic carbocycles. The van der Waals surface area contributed by atoms with E-state index in [1.807, 2.05) is 32.9 Å². The summed E-state index contributed by atoms with van der Waals surface area (Å²) in [7, 11) is -3.00. The lowest BCUT2D eigenvalue weighted by molar-refractivity contribution is -0.164. The van der Waals surface area contributed by atoms with Crippen LogP contribution in [0.25, 0.3) is 0 Å². The van der Waals surface area contributed by atoms with E-state index in [2.05, 4.69) is 96.1 Å². The average Bonchev–Trinajstić information content (AvgIpc) is 3.56. The number of carbonyl (C=O) groups excluding carboxylic acids is 1. The van der Waals surface area contributed by atoms with E-state index in [4.69, 9.17) is 25.2 Å². The highest BCUT2D eigenvalue weighted by Crippen LogP contribution is 2.51. The number of benzene rings is 2. The minimum absolute atomic E-state index is 0.0638. The van der Waals surface area contributed by atoms with Crippen molar-refractivity contribution in [2.45, 2.75) is 130 Å². The van der Waals surface area contributed by atoms with Gasteiger partial charge in [-0.1, -0.05) is 119 Å². The zero-order chi connectivity index (χ0) is 35.2. The van der Waals surface area contributed by atoms with Crippen LogP contribution in [0, 0.1) is 17.3 Å². The Kier molecular flexibility index (Phi) is 12.8. The van der Waals surface area contributed by atoms with Gasteiger partial charge in [0.05, 0.1) is 13.2 Å². The Morgan fingerprint density at radius 1 is 0.979 bits per heavy atom. The molecule has 2 aliphatic rings. The normalized spacial score (nSPS) is 23.7. The Labute approximate surface area is 292 Å². The van der Waals surface area contributed by atoms with Crippen LogP contribution in [0.4, 0.5) is 0 Å². The number of esters is 1. The van der Waals surface area contributed by atoms with Crippen LogP contribution in [0.2, 0.25) is 5.04 Å². The standard InChI is InChI=1S/C42H62O5Si/c1-31(22-26-38-44-29-30-45-38)21-24-34-25-23-32(2)42(10,33(34)3)28-27-37(39(43)46-40(4,5)6)47-48(41(7,8)9,35-17-13-11-14-18-35)36-19-15-12-16-20-36/h11-21,32,34,37-38H,3,22-30H2,1-2,4-10H3/b31-21+/t32-,34-,37-,42+/m0/s1. The van der Waals surface area contributed by atoms with Gasteiger partial charge >= 0.3 is 5.97 Å². The van der Waals surface area contributed by atoms with Gasteiger partial charge in [0.2, 0.25) is 0 Å². The molecule has 6 heteroatoms. The second-order valence-corrected chi connectivity index (χ2v) is 20.7. The van der Waals surface area contributed by atoms with Crippen LogP contribution in [0.3, 0.4) is 0 Å². The fourth-order valence-corrected chi connectivity index (χ4v) is 12.3. The van der Waals surface area contributed by atoms with Crippen LogP contribution in [0.5, 0.6) is 0 Å². The summed E-state index contributed by atoms with van der Waals surface area (Å²) in [6.07, 6.45) is 8.17. The summed E-state index contributed by atoms with van der Waals surface area (Å²) in [6.45, 7) is 25.7. The summed E-state index contributed by atoms with van der Waals surface area (Å²) >= 11 is 0. The third kappa shape index (κ3) is 9.18. The Morgan fingerprint density at radius 2 is 1.54 bits per heavy atom. The van der Waals surface area contributed by atoms with Crippen molar-refractivity contribution < 1.29 is 23.4 Å². The van der Waals surface area contributed by atoms with E-state index in [1.165, 1.54) is 11.1 Å². The molecule has 2 aromatic carbocycles. The summed E-state index contributed by atoms with van der Waals surface area (Å²) in [4.78, 5) is 14.2. The molecule has 1 saturated heterocycles. The maximum atomic E-state index is 14.2. The first-order valence-electron chi connectivity index (χ1n) is 18.2. The lowest BCUT2D eigenvalue weighted by atomic mass is 9.59. The average molecular weight is 675 g/mol. The Morgan fingerprint density at radius 3 is 2.06 bits per heavy atom. The molecule has 0 amide bonds. The van der Waals surface area contributed by atoms with Gasteiger partial charge in [-0.05, 0) is 98.9 Å². The lowest BCUT2D eigenvalue weighted by Gasteiger charge is -2.48. The lowest BCUT2D eigenvalue weighted by Crippen LogP contribution is -2.68. The molecule has 2 aromatic rings. The highest BCUT2D eigenvalue weighted by atomic mass is 28.4. The van der Waals surface area contributed by atoms with E-state index in [0.717, 1.165) is 48.9 Å². The Balaban J connectivity index is 1.61. The van der Waals surface area contributed by atoms with E-state index in [9.17, 15) is 4.79 Å². The highest BCUT2D eigenvalue weighted by Gasteiger charge is 2.53. The van der Waals surface area contributed by atoms with Gasteiger partial charge in [0, 0.05) is 6.42 Å². The molecule has 5 nitrogen and oxygen atoms in total. The number of rotatable bonds is 13. The number of hydrogen-bond donors (Lipinski definition) is 0. The molecule has 0 unspecified atom stereocenters. The zero-order valence-corrected chi connectivity index (χ0v) is 32.3. The van der Waals surface area contributed by atoms with Gasteiger partial charge in [0.15, 0.2) is 6.29 Å². The third-order valence-electron chi connectivity index (χ3n) is 10.8. The SMILES string of the molecule is C=C1[C@@H](C/C=C(\C)CCC2OCCO2)CC[C@H](C)[C@@]1(C)CC[C@H](O[Si](c1ccccc1)(c1ccccc1)C(C)(C)C)C(=O)OC(C)(C)C. The second-order valence-electron chi connectivity index (χ2n) is 16.5. The quantitative estimate of drug-likeness (QED) is 0.121. The maximum Gasteiger partial charge on any atom is 0.334 e. The molecule has 4 rings (SSSR count). The monoisotopic (exact) mass is 674 g/mol. The van der Waals surface area contributed by atoms with Crippen molar-refractivity contribution in [2.24, 2.45) is 17.3 Å². The van der Waals surface area contributed by atoms with E-state index in [0.29, 0.717) is 31.5 Å². The van der Waals surface area contributed by atoms with Crippen molar-refractivity contribution in [2.75, 3.05) is 13.2 Å². The fourth-order valence-electron chi connectivity index (χ4n) is 7.69. The topological polar surface area (TPSA) is 54.0 Å². The molecule has 2 fully saturated rings. The van der Waals surface area contributed by atoms with Crippen LogP contribution in [-0.2, 0) is 23.4 Å². The molecule has 1 aliphatic heterocycles. The summed E-state index contributed by atoms with van der Waals surface area (Å²) in [6, 6.07) is 21.1. The molecule has 1 heterocycles. The van der Waals surface area contributed by atoms with Gasteiger partial charge in [-0.3, -0.25) is 0 Å². The number of allylic oxidation sites excluding steroid dienone is 3. The first-order chi connectivity index (χ1) is 22.6. The van der Waals surface area contributed by atoms with Crippen molar-refractivity contribution in [3.63, 3.8) is 0 Å². The van der Waals surface area contributed by atoms with Crippen molar-refractivity contribution >= 4 is 24.7 Å². The van der Waals surface area contributed by atoms with E-state index in [-0.39, 0.29) is 22.7 Å². The summed E-state index contributed by atoms with van der Waals surface area (Å²) < 4.78 is 24.9. The first-order valence-corrected chi connectivity index (χ1v) is 20.1. The van der Waals surface area contributed by atoms with Crippen molar-refractivity contribution in [1.82, 2.24) is 0 Å². The molecular formula is C42H62O5Si. The van der Waals surface area contributed by atoms with E-state index < -0.39 is 20.0 Å². The number of carbonyl (C=O) groups is 1. The molecule has 48 heavy (non-hydrogen) atoms. The minimum Gasteiger partial charge on any atom is -0.458 e. The van der Waals surface area contributed by atoms with Gasteiger partial charge in [-0.15, -0.1) is 0 Å². The highest BCUT2D eigenvalue weighted by molar-refractivity contribution is 6.99. The molecule has 0 N–H and O–H groups in total. The second kappa shape index (κ2) is 16.0. The predicted molar refractivity (Wildman–Crippen MR) is 200 cm³/mol. The molecular weight excluding hydrogens is 613 g/mol. The molecule has 1 saturated carbocycles. The smallest absolute Gasteiger partial charge is 0.334 e. The van der Waals surface area contributed by atoms with Gasteiger partial charge < -0.3 is 18.6 Å². The van der Waals surface area contributed by atoms with Crippen LogP contribution >= 0.6 is 0 Å². The van der Waals surface area contributed by atoms with Crippen LogP contribution in [-0.4, -0.2) is 45.5 Å². The number of hydrogen-bond acceptors (Lipinski definition) is 5. The molecule has 264 valence electrons. The third-order valence-corrected chi connectivity index (χ3v) is 15.9.